The number of ketones is 1. The van der Waals surface area contributed by atoms with Crippen LogP contribution in [0.25, 0.3) is 0 Å². The van der Waals surface area contributed by atoms with Crippen molar-refractivity contribution in [1.82, 2.24) is 14.8 Å². The molecule has 6 nitrogen and oxygen atoms in total. The van der Waals surface area contributed by atoms with E-state index < -0.39 is 0 Å². The normalized spacial score (nSPS) is 10.5. The van der Waals surface area contributed by atoms with Crippen LogP contribution >= 0.6 is 11.8 Å². The number of nitrogens with zero attached hydrogens (tertiary/aromatic N) is 3. The SMILES string of the molecule is CCc1nnc(SCC(=O)Nc2ccc(C(C)=O)cc2)n1C. The monoisotopic (exact) mass is 318 g/mol. The number of nitrogens with one attached hydrogen (secondary N) is 1. The van der Waals surface area contributed by atoms with Gasteiger partial charge in [-0.1, -0.05) is 18.7 Å². The molecule has 2 aromatic rings. The van der Waals surface area contributed by atoms with Crippen LogP contribution in [0.4, 0.5) is 5.69 Å². The molecule has 0 bridgehead atoms. The van der Waals surface area contributed by atoms with Crippen LogP contribution in [-0.4, -0.2) is 32.2 Å². The van der Waals surface area contributed by atoms with Crippen molar-refractivity contribution in [3.05, 3.63) is 35.7 Å². The van der Waals surface area contributed by atoms with Crippen molar-refractivity contribution in [3.63, 3.8) is 0 Å². The molecule has 0 saturated heterocycles. The number of carbonyl (C=O) groups excluding carboxylic acids is 2. The Balaban J connectivity index is 1.90. The van der Waals surface area contributed by atoms with E-state index in [9.17, 15) is 9.59 Å². The number of carbonyl (C=O) groups is 2. The lowest BCUT2D eigenvalue weighted by Crippen LogP contribution is -2.14. The summed E-state index contributed by atoms with van der Waals surface area (Å²) in [5, 5.41) is 11.6. The van der Waals surface area contributed by atoms with Crippen LogP contribution in [0.5, 0.6) is 0 Å². The highest BCUT2D eigenvalue weighted by atomic mass is 32.2. The number of anilines is 1. The first-order valence-corrected chi connectivity index (χ1v) is 7.91. The van der Waals surface area contributed by atoms with Gasteiger partial charge in [-0.05, 0) is 31.2 Å². The second kappa shape index (κ2) is 7.22. The van der Waals surface area contributed by atoms with Crippen LogP contribution in [0.2, 0.25) is 0 Å². The third-order valence-electron chi connectivity index (χ3n) is 3.15. The average molecular weight is 318 g/mol. The maximum absolute atomic E-state index is 11.9. The lowest BCUT2D eigenvalue weighted by molar-refractivity contribution is -0.113. The van der Waals surface area contributed by atoms with Gasteiger partial charge >= 0.3 is 0 Å². The third-order valence-corrected chi connectivity index (χ3v) is 4.17. The number of rotatable bonds is 6. The number of benzene rings is 1. The zero-order valence-electron chi connectivity index (χ0n) is 12.8. The molecular weight excluding hydrogens is 300 g/mol. The summed E-state index contributed by atoms with van der Waals surface area (Å²) in [6.07, 6.45) is 0.804. The quantitative estimate of drug-likeness (QED) is 0.653. The van der Waals surface area contributed by atoms with Crippen LogP contribution in [0.3, 0.4) is 0 Å². The van der Waals surface area contributed by atoms with Crippen LogP contribution in [0.1, 0.15) is 30.0 Å². The number of aryl methyl sites for hydroxylation is 1. The molecule has 1 aromatic carbocycles. The second-order valence-corrected chi connectivity index (χ2v) is 5.72. The van der Waals surface area contributed by atoms with Gasteiger partial charge in [-0.3, -0.25) is 9.59 Å². The molecule has 0 fully saturated rings. The molecule has 0 aliphatic heterocycles. The molecule has 116 valence electrons. The molecular formula is C15H18N4O2S. The first kappa shape index (κ1) is 16.2. The first-order valence-electron chi connectivity index (χ1n) is 6.93. The summed E-state index contributed by atoms with van der Waals surface area (Å²) in [5.74, 6) is 1.02. The fraction of sp³-hybridized carbons (Fsp3) is 0.333. The standard InChI is InChI=1S/C15H18N4O2S/c1-4-13-17-18-15(19(13)3)22-9-14(21)16-12-7-5-11(6-8-12)10(2)20/h5-8H,4,9H2,1-3H3,(H,16,21). The summed E-state index contributed by atoms with van der Waals surface area (Å²) < 4.78 is 1.89. The van der Waals surface area contributed by atoms with Crippen molar-refractivity contribution in [2.75, 3.05) is 11.1 Å². The fourth-order valence-electron chi connectivity index (χ4n) is 1.89. The summed E-state index contributed by atoms with van der Waals surface area (Å²) in [7, 11) is 1.89. The van der Waals surface area contributed by atoms with Crippen LogP contribution in [-0.2, 0) is 18.3 Å². The smallest absolute Gasteiger partial charge is 0.234 e. The van der Waals surface area contributed by atoms with Crippen molar-refractivity contribution in [2.45, 2.75) is 25.4 Å². The van der Waals surface area contributed by atoms with Gasteiger partial charge in [0.2, 0.25) is 5.91 Å². The molecule has 1 N–H and O–H groups in total. The minimum Gasteiger partial charge on any atom is -0.325 e. The number of aromatic nitrogens is 3. The van der Waals surface area contributed by atoms with E-state index in [1.54, 1.807) is 24.3 Å². The maximum atomic E-state index is 11.9. The third kappa shape index (κ3) is 3.94. The summed E-state index contributed by atoms with van der Waals surface area (Å²) >= 11 is 1.34. The molecule has 1 aromatic heterocycles. The van der Waals surface area contributed by atoms with E-state index >= 15 is 0 Å². The Bertz CT molecular complexity index is 679. The van der Waals surface area contributed by atoms with Gasteiger partial charge in [-0.25, -0.2) is 0 Å². The van der Waals surface area contributed by atoms with Crippen LogP contribution in [0.15, 0.2) is 29.4 Å². The van der Waals surface area contributed by atoms with E-state index in [0.717, 1.165) is 17.4 Å². The van der Waals surface area contributed by atoms with Gasteiger partial charge in [-0.2, -0.15) is 0 Å². The Kier molecular flexibility index (Phi) is 5.32. The molecule has 0 saturated carbocycles. The van der Waals surface area contributed by atoms with E-state index in [2.05, 4.69) is 15.5 Å². The summed E-state index contributed by atoms with van der Waals surface area (Å²) in [4.78, 5) is 23.1. The highest BCUT2D eigenvalue weighted by Crippen LogP contribution is 2.17. The molecule has 0 radical (unpaired) electrons. The van der Waals surface area contributed by atoms with Gasteiger partial charge in [0.05, 0.1) is 5.75 Å². The van der Waals surface area contributed by atoms with E-state index in [-0.39, 0.29) is 17.4 Å². The molecule has 0 unspecified atom stereocenters. The number of hydrogen-bond donors (Lipinski definition) is 1. The predicted molar refractivity (Wildman–Crippen MR) is 86.2 cm³/mol. The lowest BCUT2D eigenvalue weighted by Gasteiger charge is -2.06. The van der Waals surface area contributed by atoms with Crippen molar-refractivity contribution in [2.24, 2.45) is 7.05 Å². The van der Waals surface area contributed by atoms with Crippen molar-refractivity contribution in [1.29, 1.82) is 0 Å². The van der Waals surface area contributed by atoms with Crippen molar-refractivity contribution in [3.8, 4) is 0 Å². The Labute approximate surface area is 133 Å². The minimum atomic E-state index is -0.123. The average Bonchev–Trinajstić information content (AvgIpc) is 2.86. The molecule has 2 rings (SSSR count). The van der Waals surface area contributed by atoms with Gasteiger partial charge in [-0.15, -0.1) is 10.2 Å². The number of hydrogen-bond acceptors (Lipinski definition) is 5. The molecule has 0 aliphatic rings. The topological polar surface area (TPSA) is 76.9 Å². The zero-order valence-corrected chi connectivity index (χ0v) is 13.6. The van der Waals surface area contributed by atoms with Crippen LogP contribution in [0, 0.1) is 0 Å². The summed E-state index contributed by atoms with van der Waals surface area (Å²) in [6.45, 7) is 3.52. The first-order chi connectivity index (χ1) is 10.5. The number of amides is 1. The van der Waals surface area contributed by atoms with Gasteiger partial charge in [0.25, 0.3) is 0 Å². The molecule has 0 atom stereocenters. The number of thioether (sulfide) groups is 1. The van der Waals surface area contributed by atoms with E-state index in [4.69, 9.17) is 0 Å². The Morgan fingerprint density at radius 3 is 2.45 bits per heavy atom. The largest absolute Gasteiger partial charge is 0.325 e. The molecule has 7 heteroatoms. The van der Waals surface area contributed by atoms with Gasteiger partial charge in [0, 0.05) is 24.7 Å². The second-order valence-electron chi connectivity index (χ2n) is 4.78. The fourth-order valence-corrected chi connectivity index (χ4v) is 2.62. The summed E-state index contributed by atoms with van der Waals surface area (Å²) in [5.41, 5.74) is 1.29. The zero-order chi connectivity index (χ0) is 16.1. The summed E-state index contributed by atoms with van der Waals surface area (Å²) in [6, 6.07) is 6.83. The van der Waals surface area contributed by atoms with E-state index in [1.165, 1.54) is 18.7 Å². The van der Waals surface area contributed by atoms with Gasteiger partial charge < -0.3 is 9.88 Å². The Morgan fingerprint density at radius 1 is 1.23 bits per heavy atom. The van der Waals surface area contributed by atoms with Gasteiger partial charge in [0.1, 0.15) is 5.82 Å². The van der Waals surface area contributed by atoms with E-state index in [1.807, 2.05) is 18.5 Å². The minimum absolute atomic E-state index is 0.00226. The highest BCUT2D eigenvalue weighted by molar-refractivity contribution is 7.99. The lowest BCUT2D eigenvalue weighted by atomic mass is 10.1. The molecule has 0 aliphatic carbocycles. The maximum Gasteiger partial charge on any atom is 0.234 e. The van der Waals surface area contributed by atoms with E-state index in [0.29, 0.717) is 11.3 Å². The van der Waals surface area contributed by atoms with Gasteiger partial charge in [0.15, 0.2) is 10.9 Å². The number of Topliss-reactive ketones (excluding diaryl/α,β-unsaturated/α-hetero) is 1. The van der Waals surface area contributed by atoms with Crippen molar-refractivity contribution < 1.29 is 9.59 Å². The Hall–Kier alpha value is -2.15. The highest BCUT2D eigenvalue weighted by Gasteiger charge is 2.10. The Morgan fingerprint density at radius 2 is 1.91 bits per heavy atom. The van der Waals surface area contributed by atoms with Crippen molar-refractivity contribution >= 4 is 29.1 Å². The molecule has 1 heterocycles. The van der Waals surface area contributed by atoms with Crippen LogP contribution < -0.4 is 5.32 Å². The molecule has 1 amide bonds. The molecule has 22 heavy (non-hydrogen) atoms. The predicted octanol–water partition coefficient (Wildman–Crippen LogP) is 2.31. The molecule has 0 spiro atoms.